The van der Waals surface area contributed by atoms with Gasteiger partial charge >= 0.3 is 0 Å². The van der Waals surface area contributed by atoms with Gasteiger partial charge in [-0.15, -0.1) is 0 Å². The first kappa shape index (κ1) is 25.2. The molecule has 186 valence electrons. The molecule has 4 rings (SSSR count). The molecule has 0 aliphatic rings. The van der Waals surface area contributed by atoms with Crippen LogP contribution in [0.1, 0.15) is 41.3 Å². The fraction of sp³-hybridized carbons (Fsp3) is 0.231. The second-order valence-corrected chi connectivity index (χ2v) is 9.20. The van der Waals surface area contributed by atoms with Gasteiger partial charge in [0.05, 0.1) is 17.8 Å². The number of aromatic amines is 1. The molecule has 9 nitrogen and oxygen atoms in total. The first-order valence-electron chi connectivity index (χ1n) is 11.4. The molecule has 2 aromatic carbocycles. The second-order valence-electron chi connectivity index (χ2n) is 8.79. The van der Waals surface area contributed by atoms with Gasteiger partial charge in [0.15, 0.2) is 5.82 Å². The van der Waals surface area contributed by atoms with Crippen LogP contribution in [0.4, 0.5) is 11.4 Å². The first-order chi connectivity index (χ1) is 17.2. The molecule has 0 aliphatic heterocycles. The molecule has 0 aliphatic carbocycles. The van der Waals surface area contributed by atoms with Crippen molar-refractivity contribution >= 4 is 28.9 Å². The van der Waals surface area contributed by atoms with Crippen LogP contribution in [-0.4, -0.2) is 38.2 Å². The molecular formula is C26H28ClN7O2. The Kier molecular flexibility index (Phi) is 7.52. The van der Waals surface area contributed by atoms with Crippen molar-refractivity contribution in [3.63, 3.8) is 0 Å². The van der Waals surface area contributed by atoms with Gasteiger partial charge in [0.2, 0.25) is 0 Å². The van der Waals surface area contributed by atoms with Crippen LogP contribution in [0.5, 0.6) is 0 Å². The highest BCUT2D eigenvalue weighted by molar-refractivity contribution is 6.31. The Hall–Kier alpha value is -3.95. The standard InChI is InChI=1S/C26H28ClN7O2/c1-26(2,36)25-31-13-18(14-32-25)16-4-6-21(24(35)28-3)23(11-16)30-12-17-10-19(5-7-22(17)27)29-15-20-8-9-33-34-20/h4-11,13-14,29-30,36H,12,15H2,1-3H3,(H,28,35)(H,33,34). The van der Waals surface area contributed by atoms with Crippen LogP contribution in [0.15, 0.2) is 61.1 Å². The van der Waals surface area contributed by atoms with Gasteiger partial charge in [0, 0.05) is 54.1 Å². The maximum atomic E-state index is 12.5. The predicted molar refractivity (Wildman–Crippen MR) is 141 cm³/mol. The number of halogens is 1. The molecule has 0 fully saturated rings. The van der Waals surface area contributed by atoms with E-state index in [-0.39, 0.29) is 5.91 Å². The van der Waals surface area contributed by atoms with E-state index in [0.717, 1.165) is 28.1 Å². The van der Waals surface area contributed by atoms with E-state index in [9.17, 15) is 9.90 Å². The van der Waals surface area contributed by atoms with Crippen molar-refractivity contribution < 1.29 is 9.90 Å². The number of hydrogen-bond acceptors (Lipinski definition) is 7. The van der Waals surface area contributed by atoms with Crippen molar-refractivity contribution in [1.82, 2.24) is 25.5 Å². The van der Waals surface area contributed by atoms with Crippen LogP contribution in [0.25, 0.3) is 11.1 Å². The average Bonchev–Trinajstić information content (AvgIpc) is 3.40. The highest BCUT2D eigenvalue weighted by atomic mass is 35.5. The predicted octanol–water partition coefficient (Wildman–Crippen LogP) is 4.33. The molecule has 0 radical (unpaired) electrons. The number of benzene rings is 2. The Labute approximate surface area is 214 Å². The maximum absolute atomic E-state index is 12.5. The Morgan fingerprint density at radius 3 is 2.47 bits per heavy atom. The van der Waals surface area contributed by atoms with E-state index in [4.69, 9.17) is 11.6 Å². The zero-order chi connectivity index (χ0) is 25.7. The molecule has 0 atom stereocenters. The van der Waals surface area contributed by atoms with Gasteiger partial charge in [-0.2, -0.15) is 5.10 Å². The number of amides is 1. The molecule has 2 heterocycles. The average molecular weight is 506 g/mol. The summed E-state index contributed by atoms with van der Waals surface area (Å²) in [5, 5.41) is 27.0. The lowest BCUT2D eigenvalue weighted by Gasteiger charge is -2.16. The van der Waals surface area contributed by atoms with Crippen molar-refractivity contribution in [3.05, 3.63) is 88.7 Å². The van der Waals surface area contributed by atoms with Crippen LogP contribution < -0.4 is 16.0 Å². The largest absolute Gasteiger partial charge is 0.382 e. The Morgan fingerprint density at radius 2 is 1.81 bits per heavy atom. The second kappa shape index (κ2) is 10.8. The van der Waals surface area contributed by atoms with Crippen LogP contribution in [-0.2, 0) is 18.7 Å². The maximum Gasteiger partial charge on any atom is 0.253 e. The summed E-state index contributed by atoms with van der Waals surface area (Å²) < 4.78 is 0. The fourth-order valence-electron chi connectivity index (χ4n) is 3.59. The minimum Gasteiger partial charge on any atom is -0.382 e. The lowest BCUT2D eigenvalue weighted by Crippen LogP contribution is -2.20. The molecule has 4 aromatic rings. The van der Waals surface area contributed by atoms with E-state index in [1.807, 2.05) is 36.4 Å². The number of aromatic nitrogens is 4. The van der Waals surface area contributed by atoms with E-state index in [1.165, 1.54) is 0 Å². The number of nitrogens with zero attached hydrogens (tertiary/aromatic N) is 3. The van der Waals surface area contributed by atoms with Gasteiger partial charge < -0.3 is 21.1 Å². The van der Waals surface area contributed by atoms with Crippen molar-refractivity contribution in [2.45, 2.75) is 32.5 Å². The molecule has 1 amide bonds. The van der Waals surface area contributed by atoms with Crippen molar-refractivity contribution in [3.8, 4) is 11.1 Å². The number of anilines is 2. The van der Waals surface area contributed by atoms with E-state index in [1.54, 1.807) is 45.6 Å². The van der Waals surface area contributed by atoms with E-state index < -0.39 is 5.60 Å². The van der Waals surface area contributed by atoms with Crippen LogP contribution >= 0.6 is 11.6 Å². The quantitative estimate of drug-likeness (QED) is 0.229. The number of hydrogen-bond donors (Lipinski definition) is 5. The Balaban J connectivity index is 1.56. The molecule has 2 aromatic heterocycles. The van der Waals surface area contributed by atoms with Gasteiger partial charge in [-0.25, -0.2) is 9.97 Å². The number of H-pyrrole nitrogens is 1. The van der Waals surface area contributed by atoms with E-state index in [2.05, 4.69) is 36.1 Å². The summed E-state index contributed by atoms with van der Waals surface area (Å²) in [4.78, 5) is 21.1. The fourth-order valence-corrected chi connectivity index (χ4v) is 3.77. The van der Waals surface area contributed by atoms with E-state index in [0.29, 0.717) is 35.2 Å². The number of aliphatic hydroxyl groups is 1. The summed E-state index contributed by atoms with van der Waals surface area (Å²) in [6.45, 7) is 4.27. The van der Waals surface area contributed by atoms with Crippen molar-refractivity contribution in [2.75, 3.05) is 17.7 Å². The molecule has 0 unspecified atom stereocenters. The minimum atomic E-state index is -1.13. The van der Waals surface area contributed by atoms with Crippen molar-refractivity contribution in [2.24, 2.45) is 0 Å². The molecule has 10 heteroatoms. The number of carbonyl (C=O) groups is 1. The summed E-state index contributed by atoms with van der Waals surface area (Å²) >= 11 is 6.47. The topological polar surface area (TPSA) is 128 Å². The number of carbonyl (C=O) groups excluding carboxylic acids is 1. The summed E-state index contributed by atoms with van der Waals surface area (Å²) in [7, 11) is 1.59. The summed E-state index contributed by atoms with van der Waals surface area (Å²) in [6, 6.07) is 13.1. The molecule has 0 saturated heterocycles. The lowest BCUT2D eigenvalue weighted by atomic mass is 10.0. The van der Waals surface area contributed by atoms with Crippen LogP contribution in [0.2, 0.25) is 5.02 Å². The zero-order valence-electron chi connectivity index (χ0n) is 20.3. The highest BCUT2D eigenvalue weighted by Gasteiger charge is 2.19. The highest BCUT2D eigenvalue weighted by Crippen LogP contribution is 2.28. The van der Waals surface area contributed by atoms with Gasteiger partial charge in [0.1, 0.15) is 5.60 Å². The van der Waals surface area contributed by atoms with Crippen LogP contribution in [0, 0.1) is 0 Å². The van der Waals surface area contributed by atoms with Crippen molar-refractivity contribution in [1.29, 1.82) is 0 Å². The third kappa shape index (κ3) is 5.99. The number of nitrogens with one attached hydrogen (secondary N) is 4. The van der Waals surface area contributed by atoms with Gasteiger partial charge in [-0.1, -0.05) is 17.7 Å². The van der Waals surface area contributed by atoms with Gasteiger partial charge in [-0.05, 0) is 61.4 Å². The third-order valence-electron chi connectivity index (χ3n) is 5.58. The summed E-state index contributed by atoms with van der Waals surface area (Å²) in [6.07, 6.45) is 5.02. The molecule has 0 bridgehead atoms. The third-order valence-corrected chi connectivity index (χ3v) is 5.95. The van der Waals surface area contributed by atoms with E-state index >= 15 is 0 Å². The minimum absolute atomic E-state index is 0.209. The van der Waals surface area contributed by atoms with Gasteiger partial charge in [0.25, 0.3) is 5.91 Å². The zero-order valence-corrected chi connectivity index (χ0v) is 21.0. The smallest absolute Gasteiger partial charge is 0.253 e. The normalized spacial score (nSPS) is 11.2. The molecule has 36 heavy (non-hydrogen) atoms. The summed E-state index contributed by atoms with van der Waals surface area (Å²) in [5.74, 6) is 0.126. The summed E-state index contributed by atoms with van der Waals surface area (Å²) in [5.41, 5.74) is 4.36. The monoisotopic (exact) mass is 505 g/mol. The molecule has 0 saturated carbocycles. The Morgan fingerprint density at radius 1 is 1.03 bits per heavy atom. The Bertz CT molecular complexity index is 1330. The molecular weight excluding hydrogens is 478 g/mol. The lowest BCUT2D eigenvalue weighted by molar-refractivity contribution is 0.0687. The molecule has 5 N–H and O–H groups in total. The first-order valence-corrected chi connectivity index (χ1v) is 11.8. The SMILES string of the molecule is CNC(=O)c1ccc(-c2cnc(C(C)(C)O)nc2)cc1NCc1cc(NCc2ccn[nH]2)ccc1Cl. The number of rotatable bonds is 9. The van der Waals surface area contributed by atoms with Crippen LogP contribution in [0.3, 0.4) is 0 Å². The molecule has 0 spiro atoms. The van der Waals surface area contributed by atoms with Gasteiger partial charge in [-0.3, -0.25) is 9.89 Å².